The van der Waals surface area contributed by atoms with Crippen molar-refractivity contribution in [2.45, 2.75) is 31.7 Å². The Bertz CT molecular complexity index is 1550. The number of aliphatic hydroxyl groups excluding tert-OH is 1. The third-order valence-corrected chi connectivity index (χ3v) is 8.83. The van der Waals surface area contributed by atoms with Crippen LogP contribution < -0.4 is 15.4 Å². The predicted molar refractivity (Wildman–Crippen MR) is 171 cm³/mol. The molecule has 226 valence electrons. The molecule has 1 unspecified atom stereocenters. The van der Waals surface area contributed by atoms with Crippen molar-refractivity contribution >= 4 is 34.7 Å². The molecule has 1 atom stereocenters. The van der Waals surface area contributed by atoms with Crippen LogP contribution in [0.25, 0.3) is 11.4 Å². The number of fused-ring (bicyclic) bond motifs is 1. The highest BCUT2D eigenvalue weighted by Crippen LogP contribution is 2.38. The third kappa shape index (κ3) is 6.47. The molecular weight excluding hydrogens is 564 g/mol. The summed E-state index contributed by atoms with van der Waals surface area (Å²) in [5.41, 5.74) is 5.21. The number of hydrogen-bond donors (Lipinski definition) is 3. The second-order valence-electron chi connectivity index (χ2n) is 11.2. The van der Waals surface area contributed by atoms with Crippen molar-refractivity contribution in [3.8, 4) is 17.1 Å². The molecule has 11 heteroatoms. The van der Waals surface area contributed by atoms with Gasteiger partial charge >= 0.3 is 0 Å². The first kappa shape index (κ1) is 29.4. The minimum Gasteiger partial charge on any atom is -0.494 e. The van der Waals surface area contributed by atoms with E-state index in [-0.39, 0.29) is 6.61 Å². The molecule has 1 fully saturated rings. The molecule has 3 heterocycles. The standard InChI is InChI=1S/C32H39ClN8O2/c1-39-13-12-34-31(39)25-7-3-4-9-27(25)36-30-26(33)21-35-32(38-30)37-28-11-10-22-20-23(6-5-8-24(22)29(28)43-2)41-16-14-40(15-17-41)18-19-42/h3-4,7,9-13,21,23,42H,5-6,8,14-20H2,1-2H3,(H2,35,36,37,38). The Labute approximate surface area is 257 Å². The average molecular weight is 603 g/mol. The Hall–Kier alpha value is -3.70. The Kier molecular flexibility index (Phi) is 9.08. The summed E-state index contributed by atoms with van der Waals surface area (Å²) < 4.78 is 7.97. The first-order valence-corrected chi connectivity index (χ1v) is 15.3. The molecule has 2 aliphatic rings. The minimum absolute atomic E-state index is 0.228. The van der Waals surface area contributed by atoms with Crippen molar-refractivity contribution in [1.29, 1.82) is 0 Å². The van der Waals surface area contributed by atoms with Crippen molar-refractivity contribution in [3.05, 3.63) is 71.1 Å². The maximum Gasteiger partial charge on any atom is 0.229 e. The second kappa shape index (κ2) is 13.3. The number of piperazine rings is 1. The summed E-state index contributed by atoms with van der Waals surface area (Å²) in [6.07, 6.45) is 9.54. The zero-order valence-electron chi connectivity index (χ0n) is 24.8. The fraction of sp³-hybridized carbons (Fsp3) is 0.406. The van der Waals surface area contributed by atoms with E-state index < -0.39 is 0 Å². The van der Waals surface area contributed by atoms with Crippen LogP contribution in [0.5, 0.6) is 5.75 Å². The van der Waals surface area contributed by atoms with Crippen LogP contribution in [-0.2, 0) is 19.9 Å². The maximum absolute atomic E-state index is 9.29. The summed E-state index contributed by atoms with van der Waals surface area (Å²) in [7, 11) is 3.70. The van der Waals surface area contributed by atoms with Gasteiger partial charge in [0, 0.05) is 63.8 Å². The van der Waals surface area contributed by atoms with Gasteiger partial charge in [-0.3, -0.25) is 9.80 Å². The third-order valence-electron chi connectivity index (χ3n) is 8.55. The SMILES string of the molecule is COc1c(Nc2ncc(Cl)c(Nc3ccccc3-c3nccn3C)n2)ccc2c1CCCC(N1CCN(CCO)CC1)C2. The summed E-state index contributed by atoms with van der Waals surface area (Å²) in [5, 5.41) is 16.5. The van der Waals surface area contributed by atoms with Gasteiger partial charge in [0.05, 0.1) is 31.3 Å². The molecule has 0 radical (unpaired) electrons. The zero-order chi connectivity index (χ0) is 29.8. The quantitative estimate of drug-likeness (QED) is 0.231. The fourth-order valence-corrected chi connectivity index (χ4v) is 6.45. The van der Waals surface area contributed by atoms with Crippen molar-refractivity contribution in [2.24, 2.45) is 7.05 Å². The Morgan fingerprint density at radius 2 is 1.88 bits per heavy atom. The van der Waals surface area contributed by atoms with Gasteiger partial charge in [0.15, 0.2) is 5.82 Å². The van der Waals surface area contributed by atoms with E-state index in [9.17, 15) is 5.11 Å². The largest absolute Gasteiger partial charge is 0.494 e. The fourth-order valence-electron chi connectivity index (χ4n) is 6.32. The van der Waals surface area contributed by atoms with Crippen LogP contribution in [0.2, 0.25) is 5.02 Å². The summed E-state index contributed by atoms with van der Waals surface area (Å²) in [6.45, 7) is 5.12. The number of ether oxygens (including phenoxy) is 1. The van der Waals surface area contributed by atoms with Crippen molar-refractivity contribution in [2.75, 3.05) is 57.1 Å². The summed E-state index contributed by atoms with van der Waals surface area (Å²) in [5.74, 6) is 2.61. The molecule has 0 bridgehead atoms. The zero-order valence-corrected chi connectivity index (χ0v) is 25.5. The molecule has 3 N–H and O–H groups in total. The number of methoxy groups -OCH3 is 1. The lowest BCUT2D eigenvalue weighted by molar-refractivity contribution is 0.0805. The number of aliphatic hydroxyl groups is 1. The Balaban J connectivity index is 1.21. The van der Waals surface area contributed by atoms with Gasteiger partial charge in [-0.1, -0.05) is 29.8 Å². The van der Waals surface area contributed by atoms with E-state index in [1.165, 1.54) is 11.1 Å². The number of halogens is 1. The lowest BCUT2D eigenvalue weighted by atomic mass is 9.98. The average Bonchev–Trinajstić information content (AvgIpc) is 3.33. The number of anilines is 4. The molecule has 0 saturated carbocycles. The van der Waals surface area contributed by atoms with E-state index in [0.29, 0.717) is 22.8 Å². The van der Waals surface area contributed by atoms with Crippen LogP contribution in [-0.4, -0.2) is 86.9 Å². The van der Waals surface area contributed by atoms with Crippen molar-refractivity contribution < 1.29 is 9.84 Å². The summed E-state index contributed by atoms with van der Waals surface area (Å²) in [6, 6.07) is 12.7. The molecule has 2 aromatic heterocycles. The van der Waals surface area contributed by atoms with Crippen LogP contribution in [0.1, 0.15) is 24.0 Å². The van der Waals surface area contributed by atoms with E-state index in [4.69, 9.17) is 21.3 Å². The van der Waals surface area contributed by atoms with E-state index in [0.717, 1.165) is 86.9 Å². The molecule has 2 aromatic carbocycles. The van der Waals surface area contributed by atoms with E-state index in [1.54, 1.807) is 19.5 Å². The van der Waals surface area contributed by atoms with Gasteiger partial charge < -0.3 is 25.0 Å². The number of nitrogens with one attached hydrogen (secondary N) is 2. The molecular formula is C32H39ClN8O2. The Morgan fingerprint density at radius 3 is 2.65 bits per heavy atom. The highest BCUT2D eigenvalue weighted by atomic mass is 35.5. The summed E-state index contributed by atoms with van der Waals surface area (Å²) in [4.78, 5) is 18.7. The van der Waals surface area contributed by atoms with E-state index >= 15 is 0 Å². The van der Waals surface area contributed by atoms with Gasteiger partial charge in [-0.25, -0.2) is 9.97 Å². The topological polar surface area (TPSA) is 104 Å². The van der Waals surface area contributed by atoms with Gasteiger partial charge in [-0.15, -0.1) is 0 Å². The number of benzene rings is 2. The van der Waals surface area contributed by atoms with Crippen LogP contribution in [0.3, 0.4) is 0 Å². The number of hydrogen-bond acceptors (Lipinski definition) is 9. The molecule has 1 aliphatic carbocycles. The van der Waals surface area contributed by atoms with Crippen LogP contribution in [0.15, 0.2) is 55.0 Å². The number of rotatable bonds is 9. The van der Waals surface area contributed by atoms with E-state index in [1.807, 2.05) is 42.1 Å². The van der Waals surface area contributed by atoms with Gasteiger partial charge in [0.2, 0.25) is 5.95 Å². The lowest BCUT2D eigenvalue weighted by Crippen LogP contribution is -2.51. The maximum atomic E-state index is 9.29. The number of imidazole rings is 1. The van der Waals surface area contributed by atoms with Crippen molar-refractivity contribution in [1.82, 2.24) is 29.3 Å². The molecule has 10 nitrogen and oxygen atoms in total. The normalized spacial score (nSPS) is 17.7. The highest BCUT2D eigenvalue weighted by molar-refractivity contribution is 6.33. The number of β-amino-alcohol motifs (C(OH)–C–C–N with tert-alkyl or cyclic N) is 1. The highest BCUT2D eigenvalue weighted by Gasteiger charge is 2.28. The van der Waals surface area contributed by atoms with Crippen LogP contribution in [0, 0.1) is 0 Å². The number of para-hydroxylation sites is 1. The van der Waals surface area contributed by atoms with Gasteiger partial charge in [0.1, 0.15) is 16.6 Å². The number of nitrogens with zero attached hydrogens (tertiary/aromatic N) is 6. The second-order valence-corrected chi connectivity index (χ2v) is 11.6. The van der Waals surface area contributed by atoms with Crippen LogP contribution >= 0.6 is 11.6 Å². The minimum atomic E-state index is 0.228. The molecule has 6 rings (SSSR count). The number of aromatic nitrogens is 4. The first-order valence-electron chi connectivity index (χ1n) is 14.9. The van der Waals surface area contributed by atoms with E-state index in [2.05, 4.69) is 42.5 Å². The number of aryl methyl sites for hydroxylation is 1. The predicted octanol–water partition coefficient (Wildman–Crippen LogP) is 4.88. The summed E-state index contributed by atoms with van der Waals surface area (Å²) >= 11 is 6.55. The lowest BCUT2D eigenvalue weighted by Gasteiger charge is -2.39. The molecule has 1 aliphatic heterocycles. The molecule has 0 spiro atoms. The van der Waals surface area contributed by atoms with Gasteiger partial charge in [0.25, 0.3) is 0 Å². The van der Waals surface area contributed by atoms with Crippen LogP contribution in [0.4, 0.5) is 23.1 Å². The van der Waals surface area contributed by atoms with Gasteiger partial charge in [-0.05, 0) is 55.0 Å². The smallest absolute Gasteiger partial charge is 0.229 e. The monoisotopic (exact) mass is 602 g/mol. The van der Waals surface area contributed by atoms with Gasteiger partial charge in [-0.2, -0.15) is 4.98 Å². The van der Waals surface area contributed by atoms with Crippen molar-refractivity contribution in [3.63, 3.8) is 0 Å². The molecule has 1 saturated heterocycles. The molecule has 43 heavy (non-hydrogen) atoms. The Morgan fingerprint density at radius 1 is 1.05 bits per heavy atom. The molecule has 4 aromatic rings. The molecule has 0 amide bonds. The first-order chi connectivity index (χ1) is 21.0.